The van der Waals surface area contributed by atoms with E-state index in [4.69, 9.17) is 11.5 Å². The van der Waals surface area contributed by atoms with E-state index in [2.05, 4.69) is 20.3 Å². The summed E-state index contributed by atoms with van der Waals surface area (Å²) >= 11 is 0. The number of nitrogens with zero attached hydrogens (tertiary/aromatic N) is 3. The molecule has 1 aromatic heterocycles. The molecule has 0 saturated carbocycles. The second-order valence-corrected chi connectivity index (χ2v) is 3.87. The van der Waals surface area contributed by atoms with E-state index in [-0.39, 0.29) is 11.9 Å². The maximum absolute atomic E-state index is 5.51. The van der Waals surface area contributed by atoms with Crippen LogP contribution in [-0.4, -0.2) is 28.0 Å². The van der Waals surface area contributed by atoms with Crippen molar-refractivity contribution in [1.29, 1.82) is 0 Å². The number of piperidine rings is 1. The molecule has 0 unspecified atom stereocenters. The Labute approximate surface area is 88.5 Å². The van der Waals surface area contributed by atoms with Crippen LogP contribution < -0.4 is 16.8 Å². The number of aromatic nitrogens is 3. The summed E-state index contributed by atoms with van der Waals surface area (Å²) in [5.41, 5.74) is 11.0. The lowest BCUT2D eigenvalue weighted by molar-refractivity contribution is 0.367. The van der Waals surface area contributed by atoms with E-state index in [0.717, 1.165) is 32.4 Å². The molecule has 1 aliphatic heterocycles. The van der Waals surface area contributed by atoms with Gasteiger partial charge in [0.15, 0.2) is 0 Å². The zero-order chi connectivity index (χ0) is 10.7. The SMILES string of the molecule is Nc1nc(N)nc(CC2CCNCC2)n1. The Balaban J connectivity index is 2.02. The Morgan fingerprint density at radius 3 is 2.27 bits per heavy atom. The summed E-state index contributed by atoms with van der Waals surface area (Å²) < 4.78 is 0. The molecule has 1 saturated heterocycles. The van der Waals surface area contributed by atoms with Crippen LogP contribution in [0.2, 0.25) is 0 Å². The minimum atomic E-state index is 0.214. The minimum Gasteiger partial charge on any atom is -0.368 e. The van der Waals surface area contributed by atoms with Crippen molar-refractivity contribution in [2.45, 2.75) is 19.3 Å². The fourth-order valence-electron chi connectivity index (χ4n) is 1.89. The third kappa shape index (κ3) is 2.76. The van der Waals surface area contributed by atoms with Gasteiger partial charge >= 0.3 is 0 Å². The largest absolute Gasteiger partial charge is 0.368 e. The predicted molar refractivity (Wildman–Crippen MR) is 57.9 cm³/mol. The number of hydrogen-bond acceptors (Lipinski definition) is 6. The van der Waals surface area contributed by atoms with Crippen molar-refractivity contribution >= 4 is 11.9 Å². The van der Waals surface area contributed by atoms with Crippen molar-refractivity contribution in [3.8, 4) is 0 Å². The predicted octanol–water partition coefficient (Wildman–Crippen LogP) is -0.422. The van der Waals surface area contributed by atoms with E-state index >= 15 is 0 Å². The van der Waals surface area contributed by atoms with Crippen LogP contribution in [-0.2, 0) is 6.42 Å². The molecule has 0 radical (unpaired) electrons. The summed E-state index contributed by atoms with van der Waals surface area (Å²) in [6, 6.07) is 0. The van der Waals surface area contributed by atoms with Gasteiger partial charge in [0.25, 0.3) is 0 Å². The van der Waals surface area contributed by atoms with Crippen LogP contribution in [0.15, 0.2) is 0 Å². The Morgan fingerprint density at radius 2 is 1.67 bits per heavy atom. The Morgan fingerprint density at radius 1 is 1.07 bits per heavy atom. The maximum Gasteiger partial charge on any atom is 0.225 e. The highest BCUT2D eigenvalue weighted by molar-refractivity contribution is 5.25. The summed E-state index contributed by atoms with van der Waals surface area (Å²) in [5.74, 6) is 1.78. The first kappa shape index (κ1) is 10.1. The van der Waals surface area contributed by atoms with E-state index in [9.17, 15) is 0 Å². The highest BCUT2D eigenvalue weighted by Gasteiger charge is 2.15. The number of nitrogens with one attached hydrogen (secondary N) is 1. The van der Waals surface area contributed by atoms with Crippen LogP contribution in [0, 0.1) is 5.92 Å². The molecule has 1 fully saturated rings. The van der Waals surface area contributed by atoms with Crippen LogP contribution in [0.1, 0.15) is 18.7 Å². The van der Waals surface area contributed by atoms with Gasteiger partial charge in [0.05, 0.1) is 0 Å². The fourth-order valence-corrected chi connectivity index (χ4v) is 1.89. The van der Waals surface area contributed by atoms with Crippen molar-refractivity contribution in [3.05, 3.63) is 5.82 Å². The summed E-state index contributed by atoms with van der Waals surface area (Å²) in [4.78, 5) is 11.9. The van der Waals surface area contributed by atoms with Crippen LogP contribution in [0.25, 0.3) is 0 Å². The van der Waals surface area contributed by atoms with Crippen LogP contribution in [0.5, 0.6) is 0 Å². The van der Waals surface area contributed by atoms with Gasteiger partial charge in [0.1, 0.15) is 5.82 Å². The molecule has 0 atom stereocenters. The maximum atomic E-state index is 5.51. The number of nitrogen functional groups attached to an aromatic ring is 2. The number of nitrogens with two attached hydrogens (primary N) is 2. The standard InChI is InChI=1S/C9H16N6/c10-8-13-7(14-9(11)15-8)5-6-1-3-12-4-2-6/h6,12H,1-5H2,(H4,10,11,13,14,15). The molecule has 0 spiro atoms. The van der Waals surface area contributed by atoms with E-state index in [1.165, 1.54) is 0 Å². The Hall–Kier alpha value is -1.43. The highest BCUT2D eigenvalue weighted by Crippen LogP contribution is 2.16. The molecule has 0 aliphatic carbocycles. The highest BCUT2D eigenvalue weighted by atomic mass is 15.1. The molecule has 0 amide bonds. The Bertz CT molecular complexity index is 313. The summed E-state index contributed by atoms with van der Waals surface area (Å²) in [6.07, 6.45) is 3.16. The third-order valence-corrected chi connectivity index (χ3v) is 2.65. The molecule has 2 rings (SSSR count). The molecule has 1 aliphatic rings. The molecule has 15 heavy (non-hydrogen) atoms. The van der Waals surface area contributed by atoms with Gasteiger partial charge in [-0.1, -0.05) is 0 Å². The van der Waals surface area contributed by atoms with Gasteiger partial charge in [-0.15, -0.1) is 0 Å². The van der Waals surface area contributed by atoms with Gasteiger partial charge in [-0.3, -0.25) is 0 Å². The molecule has 6 heteroatoms. The summed E-state index contributed by atoms with van der Waals surface area (Å²) in [7, 11) is 0. The van der Waals surface area contributed by atoms with Crippen molar-refractivity contribution in [3.63, 3.8) is 0 Å². The number of rotatable bonds is 2. The van der Waals surface area contributed by atoms with E-state index in [1.54, 1.807) is 0 Å². The lowest BCUT2D eigenvalue weighted by Crippen LogP contribution is -2.29. The van der Waals surface area contributed by atoms with Gasteiger partial charge in [0.2, 0.25) is 11.9 Å². The lowest BCUT2D eigenvalue weighted by Gasteiger charge is -2.21. The van der Waals surface area contributed by atoms with Crippen LogP contribution in [0.4, 0.5) is 11.9 Å². The van der Waals surface area contributed by atoms with Crippen molar-refractivity contribution in [2.24, 2.45) is 5.92 Å². The van der Waals surface area contributed by atoms with Gasteiger partial charge in [-0.2, -0.15) is 15.0 Å². The van der Waals surface area contributed by atoms with Crippen LogP contribution >= 0.6 is 0 Å². The topological polar surface area (TPSA) is 103 Å². The number of hydrogen-bond donors (Lipinski definition) is 3. The first-order chi connectivity index (χ1) is 7.24. The number of anilines is 2. The molecule has 0 bridgehead atoms. The van der Waals surface area contributed by atoms with Crippen molar-refractivity contribution in [2.75, 3.05) is 24.6 Å². The normalized spacial score (nSPS) is 17.9. The first-order valence-electron chi connectivity index (χ1n) is 5.20. The second kappa shape index (κ2) is 4.39. The lowest BCUT2D eigenvalue weighted by atomic mass is 9.94. The molecule has 0 aromatic carbocycles. The zero-order valence-corrected chi connectivity index (χ0v) is 8.61. The van der Waals surface area contributed by atoms with Crippen LogP contribution in [0.3, 0.4) is 0 Å². The van der Waals surface area contributed by atoms with Gasteiger partial charge < -0.3 is 16.8 Å². The van der Waals surface area contributed by atoms with E-state index in [1.807, 2.05) is 0 Å². The Kier molecular flexibility index (Phi) is 2.96. The second-order valence-electron chi connectivity index (χ2n) is 3.87. The molecule has 1 aromatic rings. The quantitative estimate of drug-likeness (QED) is 0.610. The molecular formula is C9H16N6. The average molecular weight is 208 g/mol. The summed E-state index contributed by atoms with van der Waals surface area (Å²) in [5, 5.41) is 3.32. The smallest absolute Gasteiger partial charge is 0.225 e. The summed E-state index contributed by atoms with van der Waals surface area (Å²) in [6.45, 7) is 2.14. The first-order valence-corrected chi connectivity index (χ1v) is 5.20. The monoisotopic (exact) mass is 208 g/mol. The minimum absolute atomic E-state index is 0.214. The van der Waals surface area contributed by atoms with E-state index < -0.39 is 0 Å². The zero-order valence-electron chi connectivity index (χ0n) is 8.61. The molecule has 6 nitrogen and oxygen atoms in total. The van der Waals surface area contributed by atoms with E-state index in [0.29, 0.717) is 11.7 Å². The van der Waals surface area contributed by atoms with Crippen molar-refractivity contribution < 1.29 is 0 Å². The molecular weight excluding hydrogens is 192 g/mol. The molecule has 82 valence electrons. The van der Waals surface area contributed by atoms with Crippen molar-refractivity contribution in [1.82, 2.24) is 20.3 Å². The molecule has 2 heterocycles. The van der Waals surface area contributed by atoms with Gasteiger partial charge in [-0.05, 0) is 31.8 Å². The van der Waals surface area contributed by atoms with Gasteiger partial charge in [0, 0.05) is 6.42 Å². The van der Waals surface area contributed by atoms with Gasteiger partial charge in [-0.25, -0.2) is 0 Å². The average Bonchev–Trinajstić information content (AvgIpc) is 2.17. The fraction of sp³-hybridized carbons (Fsp3) is 0.667. The molecule has 5 N–H and O–H groups in total. The third-order valence-electron chi connectivity index (χ3n) is 2.65.